The van der Waals surface area contributed by atoms with Gasteiger partial charge in [-0.05, 0) is 39.5 Å². The summed E-state index contributed by atoms with van der Waals surface area (Å²) in [5, 5.41) is 0. The molecule has 0 aliphatic carbocycles. The Morgan fingerprint density at radius 2 is 2.06 bits per heavy atom. The topological polar surface area (TPSA) is 46.6 Å². The molecule has 102 valence electrons. The predicted molar refractivity (Wildman–Crippen MR) is 68.2 cm³/mol. The molecule has 4 heteroatoms. The van der Waals surface area contributed by atoms with Gasteiger partial charge < -0.3 is 9.64 Å². The highest BCUT2D eigenvalue weighted by Crippen LogP contribution is 2.27. The summed E-state index contributed by atoms with van der Waals surface area (Å²) < 4.78 is 5.48. The van der Waals surface area contributed by atoms with Crippen LogP contribution in [0.25, 0.3) is 0 Å². The molecule has 2 rings (SSSR count). The molecule has 2 heterocycles. The highest BCUT2D eigenvalue weighted by atomic mass is 16.5. The van der Waals surface area contributed by atoms with E-state index in [0.29, 0.717) is 13.0 Å². The van der Waals surface area contributed by atoms with Gasteiger partial charge in [0.2, 0.25) is 5.91 Å². The van der Waals surface area contributed by atoms with Gasteiger partial charge in [0.05, 0.1) is 12.0 Å². The highest BCUT2D eigenvalue weighted by Gasteiger charge is 2.37. The molecule has 4 nitrogen and oxygen atoms in total. The zero-order chi connectivity index (χ0) is 13.1. The molecule has 3 atom stereocenters. The second kappa shape index (κ2) is 5.83. The summed E-state index contributed by atoms with van der Waals surface area (Å²) in [5.74, 6) is 0.374. The molecule has 0 aromatic rings. The third kappa shape index (κ3) is 2.91. The summed E-state index contributed by atoms with van der Waals surface area (Å²) in [7, 11) is 0. The molecule has 0 N–H and O–H groups in total. The van der Waals surface area contributed by atoms with E-state index in [9.17, 15) is 9.59 Å². The molecule has 0 saturated carbocycles. The Bertz CT molecular complexity index is 329. The van der Waals surface area contributed by atoms with E-state index in [0.717, 1.165) is 32.2 Å². The SMILES string of the molecule is CC(=O)CC1CCCCN1C(=O)C1CCOC1C. The second-order valence-electron chi connectivity index (χ2n) is 5.56. The maximum Gasteiger partial charge on any atom is 0.228 e. The van der Waals surface area contributed by atoms with Crippen molar-refractivity contribution in [1.82, 2.24) is 4.90 Å². The van der Waals surface area contributed by atoms with Crippen molar-refractivity contribution < 1.29 is 14.3 Å². The van der Waals surface area contributed by atoms with Crippen molar-refractivity contribution in [2.24, 2.45) is 5.92 Å². The molecule has 1 amide bonds. The van der Waals surface area contributed by atoms with Crippen molar-refractivity contribution in [3.63, 3.8) is 0 Å². The van der Waals surface area contributed by atoms with E-state index in [1.165, 1.54) is 0 Å². The van der Waals surface area contributed by atoms with Gasteiger partial charge in [-0.15, -0.1) is 0 Å². The Morgan fingerprint density at radius 1 is 1.28 bits per heavy atom. The number of amides is 1. The van der Waals surface area contributed by atoms with E-state index < -0.39 is 0 Å². The van der Waals surface area contributed by atoms with Crippen molar-refractivity contribution in [1.29, 1.82) is 0 Å². The predicted octanol–water partition coefficient (Wildman–Crippen LogP) is 1.77. The molecular formula is C14H23NO3. The Balaban J connectivity index is 2.03. The van der Waals surface area contributed by atoms with E-state index in [1.807, 2.05) is 11.8 Å². The molecule has 0 bridgehead atoms. The molecule has 0 radical (unpaired) electrons. The number of piperidine rings is 1. The lowest BCUT2D eigenvalue weighted by atomic mass is 9.93. The van der Waals surface area contributed by atoms with Gasteiger partial charge in [-0.25, -0.2) is 0 Å². The van der Waals surface area contributed by atoms with Crippen LogP contribution < -0.4 is 0 Å². The summed E-state index contributed by atoms with van der Waals surface area (Å²) in [6.45, 7) is 5.07. The van der Waals surface area contributed by atoms with Gasteiger partial charge >= 0.3 is 0 Å². The normalized spacial score (nSPS) is 32.6. The Morgan fingerprint density at radius 3 is 2.67 bits per heavy atom. The van der Waals surface area contributed by atoms with Gasteiger partial charge in [0, 0.05) is 25.6 Å². The van der Waals surface area contributed by atoms with Crippen LogP contribution in [0, 0.1) is 5.92 Å². The Hall–Kier alpha value is -0.900. The van der Waals surface area contributed by atoms with E-state index in [4.69, 9.17) is 4.74 Å². The van der Waals surface area contributed by atoms with Gasteiger partial charge in [0.15, 0.2) is 0 Å². The van der Waals surface area contributed by atoms with Gasteiger partial charge in [0.25, 0.3) is 0 Å². The minimum atomic E-state index is -0.00226. The fraction of sp³-hybridized carbons (Fsp3) is 0.857. The summed E-state index contributed by atoms with van der Waals surface area (Å²) in [5.41, 5.74) is 0. The highest BCUT2D eigenvalue weighted by molar-refractivity contribution is 5.82. The second-order valence-corrected chi connectivity index (χ2v) is 5.56. The number of ketones is 1. The first-order chi connectivity index (χ1) is 8.59. The molecule has 3 unspecified atom stereocenters. The van der Waals surface area contributed by atoms with E-state index in [1.54, 1.807) is 6.92 Å². The number of nitrogens with zero attached hydrogens (tertiary/aromatic N) is 1. The first kappa shape index (κ1) is 13.5. The lowest BCUT2D eigenvalue weighted by Gasteiger charge is -2.37. The summed E-state index contributed by atoms with van der Waals surface area (Å²) in [6, 6.07) is 0.122. The largest absolute Gasteiger partial charge is 0.378 e. The van der Waals surface area contributed by atoms with Crippen LogP contribution in [-0.4, -0.2) is 41.9 Å². The number of likely N-dealkylation sites (tertiary alicyclic amines) is 1. The van der Waals surface area contributed by atoms with Crippen LogP contribution >= 0.6 is 0 Å². The van der Waals surface area contributed by atoms with Crippen molar-refractivity contribution in [3.8, 4) is 0 Å². The van der Waals surface area contributed by atoms with Crippen molar-refractivity contribution in [3.05, 3.63) is 0 Å². The molecule has 18 heavy (non-hydrogen) atoms. The van der Waals surface area contributed by atoms with Crippen LogP contribution in [0.2, 0.25) is 0 Å². The van der Waals surface area contributed by atoms with Crippen molar-refractivity contribution in [2.45, 2.75) is 58.1 Å². The molecule has 0 aromatic carbocycles. The zero-order valence-corrected chi connectivity index (χ0v) is 11.4. The smallest absolute Gasteiger partial charge is 0.228 e. The third-order valence-electron chi connectivity index (χ3n) is 4.13. The zero-order valence-electron chi connectivity index (χ0n) is 11.4. The van der Waals surface area contributed by atoms with Gasteiger partial charge in [0.1, 0.15) is 5.78 Å². The molecule has 0 spiro atoms. The van der Waals surface area contributed by atoms with Crippen LogP contribution in [0.1, 0.15) is 46.0 Å². The average Bonchev–Trinajstić information content (AvgIpc) is 2.74. The van der Waals surface area contributed by atoms with Crippen LogP contribution in [0.5, 0.6) is 0 Å². The van der Waals surface area contributed by atoms with Gasteiger partial charge in [-0.3, -0.25) is 9.59 Å². The molecule has 0 aromatic heterocycles. The van der Waals surface area contributed by atoms with Gasteiger partial charge in [-0.1, -0.05) is 0 Å². The number of ether oxygens (including phenoxy) is 1. The number of hydrogen-bond donors (Lipinski definition) is 0. The fourth-order valence-corrected chi connectivity index (χ4v) is 3.10. The number of carbonyl (C=O) groups excluding carboxylic acids is 2. The van der Waals surface area contributed by atoms with Crippen LogP contribution in [0.4, 0.5) is 0 Å². The van der Waals surface area contributed by atoms with E-state index in [2.05, 4.69) is 0 Å². The Kier molecular flexibility index (Phi) is 4.38. The minimum absolute atomic E-state index is 0.00226. The molecule has 2 aliphatic rings. The standard InChI is InChI=1S/C14H23NO3/c1-10(16)9-12-5-3-4-7-15(12)14(17)13-6-8-18-11(13)2/h11-13H,3-9H2,1-2H3. The maximum absolute atomic E-state index is 12.5. The molecule has 2 saturated heterocycles. The summed E-state index contributed by atoms with van der Waals surface area (Å²) in [6.07, 6.45) is 4.50. The number of rotatable bonds is 3. The maximum atomic E-state index is 12.5. The van der Waals surface area contributed by atoms with Crippen molar-refractivity contribution in [2.75, 3.05) is 13.2 Å². The molecule has 2 aliphatic heterocycles. The van der Waals surface area contributed by atoms with E-state index >= 15 is 0 Å². The lowest BCUT2D eigenvalue weighted by Crippen LogP contribution is -2.48. The third-order valence-corrected chi connectivity index (χ3v) is 4.13. The monoisotopic (exact) mass is 253 g/mol. The number of Topliss-reactive ketones (excluding diaryl/α,β-unsaturated/α-hetero) is 1. The Labute approximate surface area is 109 Å². The average molecular weight is 253 g/mol. The summed E-state index contributed by atoms with van der Waals surface area (Å²) >= 11 is 0. The van der Waals surface area contributed by atoms with Crippen LogP contribution in [0.3, 0.4) is 0 Å². The first-order valence-electron chi connectivity index (χ1n) is 7.01. The quantitative estimate of drug-likeness (QED) is 0.770. The fourth-order valence-electron chi connectivity index (χ4n) is 3.10. The van der Waals surface area contributed by atoms with Gasteiger partial charge in [-0.2, -0.15) is 0 Å². The van der Waals surface area contributed by atoms with E-state index in [-0.39, 0.29) is 29.8 Å². The van der Waals surface area contributed by atoms with Crippen LogP contribution in [-0.2, 0) is 14.3 Å². The van der Waals surface area contributed by atoms with Crippen molar-refractivity contribution >= 4 is 11.7 Å². The first-order valence-corrected chi connectivity index (χ1v) is 7.01. The number of hydrogen-bond acceptors (Lipinski definition) is 3. The summed E-state index contributed by atoms with van der Waals surface area (Å²) in [4.78, 5) is 25.8. The molecular weight excluding hydrogens is 230 g/mol. The minimum Gasteiger partial charge on any atom is -0.378 e. The van der Waals surface area contributed by atoms with Crippen LogP contribution in [0.15, 0.2) is 0 Å². The lowest BCUT2D eigenvalue weighted by molar-refractivity contribution is -0.141. The number of carbonyl (C=O) groups is 2. The molecule has 2 fully saturated rings.